The fourth-order valence-corrected chi connectivity index (χ4v) is 3.21. The molecule has 0 saturated carbocycles. The molecule has 0 radical (unpaired) electrons. The lowest BCUT2D eigenvalue weighted by Crippen LogP contribution is -2.03. The van der Waals surface area contributed by atoms with E-state index in [4.69, 9.17) is 5.11 Å². The highest BCUT2D eigenvalue weighted by Gasteiger charge is 2.19. The SMILES string of the molecule is CCCn1c(-c2ccc(NCO)cc2)c(C#N)c2ccc(OC(F)F)cc21. The van der Waals surface area contributed by atoms with Gasteiger partial charge in [-0.05, 0) is 36.2 Å². The van der Waals surface area contributed by atoms with Gasteiger partial charge in [0, 0.05) is 23.7 Å². The Morgan fingerprint density at radius 1 is 1.22 bits per heavy atom. The zero-order valence-electron chi connectivity index (χ0n) is 14.7. The average molecular weight is 371 g/mol. The van der Waals surface area contributed by atoms with Crippen molar-refractivity contribution in [3.05, 3.63) is 48.0 Å². The summed E-state index contributed by atoms with van der Waals surface area (Å²) in [5.41, 5.74) is 3.49. The molecular weight excluding hydrogens is 352 g/mol. The maximum absolute atomic E-state index is 12.6. The molecule has 0 fully saturated rings. The summed E-state index contributed by atoms with van der Waals surface area (Å²) in [5, 5.41) is 22.2. The van der Waals surface area contributed by atoms with Crippen LogP contribution in [0.4, 0.5) is 14.5 Å². The zero-order valence-corrected chi connectivity index (χ0v) is 14.7. The van der Waals surface area contributed by atoms with E-state index in [1.165, 1.54) is 6.07 Å². The Bertz CT molecular complexity index is 976. The van der Waals surface area contributed by atoms with Gasteiger partial charge in [0.2, 0.25) is 0 Å². The van der Waals surface area contributed by atoms with Crippen molar-refractivity contribution in [2.45, 2.75) is 26.5 Å². The van der Waals surface area contributed by atoms with Crippen molar-refractivity contribution in [3.63, 3.8) is 0 Å². The topological polar surface area (TPSA) is 70.2 Å². The van der Waals surface area contributed by atoms with Gasteiger partial charge in [0.1, 0.15) is 18.5 Å². The summed E-state index contributed by atoms with van der Waals surface area (Å²) in [4.78, 5) is 0. The first-order valence-electron chi connectivity index (χ1n) is 8.55. The predicted molar refractivity (Wildman–Crippen MR) is 99.7 cm³/mol. The van der Waals surface area contributed by atoms with Gasteiger partial charge in [-0.15, -0.1) is 0 Å². The van der Waals surface area contributed by atoms with Crippen LogP contribution in [-0.4, -0.2) is 23.0 Å². The normalized spacial score (nSPS) is 11.0. The van der Waals surface area contributed by atoms with Crippen LogP contribution in [0.25, 0.3) is 22.2 Å². The Morgan fingerprint density at radius 2 is 1.96 bits per heavy atom. The molecule has 0 bridgehead atoms. The van der Waals surface area contributed by atoms with E-state index in [1.54, 1.807) is 12.1 Å². The molecular formula is C20H19F2N3O2. The third-order valence-corrected chi connectivity index (χ3v) is 4.26. The lowest BCUT2D eigenvalue weighted by molar-refractivity contribution is -0.0497. The van der Waals surface area contributed by atoms with E-state index in [-0.39, 0.29) is 12.5 Å². The molecule has 0 atom stereocenters. The second-order valence-corrected chi connectivity index (χ2v) is 5.96. The summed E-state index contributed by atoms with van der Waals surface area (Å²) in [6, 6.07) is 14.2. The van der Waals surface area contributed by atoms with Gasteiger partial charge in [-0.1, -0.05) is 19.1 Å². The number of hydrogen-bond acceptors (Lipinski definition) is 4. The molecule has 2 aromatic carbocycles. The predicted octanol–water partition coefficient (Wildman–Crippen LogP) is 4.55. The quantitative estimate of drug-likeness (QED) is 0.598. The van der Waals surface area contributed by atoms with Gasteiger partial charge < -0.3 is 19.7 Å². The molecule has 0 amide bonds. The van der Waals surface area contributed by atoms with Crippen molar-refractivity contribution in [3.8, 4) is 23.1 Å². The first-order valence-corrected chi connectivity index (χ1v) is 8.55. The van der Waals surface area contributed by atoms with Crippen LogP contribution in [0.5, 0.6) is 5.75 Å². The van der Waals surface area contributed by atoms with Crippen LogP contribution in [-0.2, 0) is 6.54 Å². The number of aliphatic hydroxyl groups excluding tert-OH is 1. The molecule has 5 nitrogen and oxygen atoms in total. The summed E-state index contributed by atoms with van der Waals surface area (Å²) < 4.78 is 31.6. The lowest BCUT2D eigenvalue weighted by Gasteiger charge is -2.12. The average Bonchev–Trinajstić information content (AvgIpc) is 2.95. The molecule has 3 aromatic rings. The smallest absolute Gasteiger partial charge is 0.387 e. The maximum atomic E-state index is 12.6. The number of alkyl halides is 2. The van der Waals surface area contributed by atoms with Crippen LogP contribution in [0.2, 0.25) is 0 Å². The molecule has 0 saturated heterocycles. The number of anilines is 1. The standard InChI is InChI=1S/C20H19F2N3O2/c1-2-9-25-18-10-15(27-20(21)22)7-8-16(18)17(11-23)19(25)13-3-5-14(6-4-13)24-12-26/h3-8,10,20,24,26H,2,9,12H2,1H3. The Balaban J connectivity index is 2.20. The third-order valence-electron chi connectivity index (χ3n) is 4.26. The van der Waals surface area contributed by atoms with E-state index in [2.05, 4.69) is 16.1 Å². The molecule has 0 unspecified atom stereocenters. The number of halogens is 2. The van der Waals surface area contributed by atoms with Crippen molar-refractivity contribution in [2.24, 2.45) is 0 Å². The van der Waals surface area contributed by atoms with E-state index in [0.717, 1.165) is 23.4 Å². The number of benzene rings is 2. The first kappa shape index (κ1) is 18.7. The van der Waals surface area contributed by atoms with E-state index in [0.29, 0.717) is 23.0 Å². The van der Waals surface area contributed by atoms with Crippen LogP contribution in [0.15, 0.2) is 42.5 Å². The van der Waals surface area contributed by atoms with Crippen molar-refractivity contribution < 1.29 is 18.6 Å². The fraction of sp³-hybridized carbons (Fsp3) is 0.250. The molecule has 0 aliphatic rings. The molecule has 2 N–H and O–H groups in total. The monoisotopic (exact) mass is 371 g/mol. The number of nitriles is 1. The summed E-state index contributed by atoms with van der Waals surface area (Å²) in [7, 11) is 0. The van der Waals surface area contributed by atoms with Gasteiger partial charge >= 0.3 is 6.61 Å². The van der Waals surface area contributed by atoms with Gasteiger partial charge in [-0.2, -0.15) is 14.0 Å². The van der Waals surface area contributed by atoms with Crippen LogP contribution in [0.1, 0.15) is 18.9 Å². The molecule has 0 aliphatic heterocycles. The Labute approximate surface area is 155 Å². The van der Waals surface area contributed by atoms with Crippen molar-refractivity contribution in [1.82, 2.24) is 4.57 Å². The number of nitrogens with zero attached hydrogens (tertiary/aromatic N) is 2. The second-order valence-electron chi connectivity index (χ2n) is 5.96. The fourth-order valence-electron chi connectivity index (χ4n) is 3.21. The van der Waals surface area contributed by atoms with Gasteiger partial charge in [-0.3, -0.25) is 0 Å². The van der Waals surface area contributed by atoms with E-state index >= 15 is 0 Å². The highest BCUT2D eigenvalue weighted by Crippen LogP contribution is 2.36. The molecule has 140 valence electrons. The lowest BCUT2D eigenvalue weighted by atomic mass is 10.1. The van der Waals surface area contributed by atoms with E-state index in [1.807, 2.05) is 35.8 Å². The van der Waals surface area contributed by atoms with Gasteiger partial charge in [0.15, 0.2) is 0 Å². The van der Waals surface area contributed by atoms with Gasteiger partial charge in [0.25, 0.3) is 0 Å². The van der Waals surface area contributed by atoms with Crippen molar-refractivity contribution >= 4 is 16.6 Å². The molecule has 3 rings (SSSR count). The first-order chi connectivity index (χ1) is 13.1. The number of aliphatic hydroxyl groups is 1. The largest absolute Gasteiger partial charge is 0.435 e. The second kappa shape index (κ2) is 8.06. The maximum Gasteiger partial charge on any atom is 0.387 e. The van der Waals surface area contributed by atoms with Crippen LogP contribution >= 0.6 is 0 Å². The number of fused-ring (bicyclic) bond motifs is 1. The molecule has 0 spiro atoms. The number of aryl methyl sites for hydroxylation is 1. The van der Waals surface area contributed by atoms with Crippen LogP contribution < -0.4 is 10.1 Å². The summed E-state index contributed by atoms with van der Waals surface area (Å²) in [5.74, 6) is 0.0610. The minimum absolute atomic E-state index is 0.0610. The molecule has 7 heteroatoms. The van der Waals surface area contributed by atoms with Crippen molar-refractivity contribution in [1.29, 1.82) is 5.26 Å². The highest BCUT2D eigenvalue weighted by atomic mass is 19.3. The number of rotatable bonds is 7. The number of ether oxygens (including phenoxy) is 1. The Kier molecular flexibility index (Phi) is 5.57. The van der Waals surface area contributed by atoms with E-state index < -0.39 is 6.61 Å². The highest BCUT2D eigenvalue weighted by molar-refractivity contribution is 5.95. The van der Waals surface area contributed by atoms with Crippen LogP contribution in [0.3, 0.4) is 0 Å². The minimum atomic E-state index is -2.90. The molecule has 0 aliphatic carbocycles. The number of aromatic nitrogens is 1. The summed E-state index contributed by atoms with van der Waals surface area (Å²) >= 11 is 0. The minimum Gasteiger partial charge on any atom is -0.435 e. The molecule has 1 heterocycles. The van der Waals surface area contributed by atoms with Crippen LogP contribution in [0, 0.1) is 11.3 Å². The zero-order chi connectivity index (χ0) is 19.4. The third kappa shape index (κ3) is 3.71. The molecule has 27 heavy (non-hydrogen) atoms. The Morgan fingerprint density at radius 3 is 2.56 bits per heavy atom. The van der Waals surface area contributed by atoms with Gasteiger partial charge in [0.05, 0.1) is 16.8 Å². The number of nitrogens with one attached hydrogen (secondary N) is 1. The van der Waals surface area contributed by atoms with Crippen molar-refractivity contribution in [2.75, 3.05) is 12.0 Å². The van der Waals surface area contributed by atoms with Gasteiger partial charge in [-0.25, -0.2) is 0 Å². The summed E-state index contributed by atoms with van der Waals surface area (Å²) in [6.07, 6.45) is 0.811. The number of hydrogen-bond donors (Lipinski definition) is 2. The van der Waals surface area contributed by atoms with E-state index in [9.17, 15) is 14.0 Å². The Hall–Kier alpha value is -3.11. The summed E-state index contributed by atoms with van der Waals surface area (Å²) in [6.45, 7) is -0.442. The molecule has 1 aromatic heterocycles.